The highest BCUT2D eigenvalue weighted by atomic mass is 32.1. The van der Waals surface area contributed by atoms with E-state index < -0.39 is 6.10 Å². The zero-order valence-corrected chi connectivity index (χ0v) is 13.4. The predicted octanol–water partition coefficient (Wildman–Crippen LogP) is 1.93. The molecule has 0 aliphatic carbocycles. The minimum atomic E-state index is -0.542. The molecule has 0 aromatic carbocycles. The molecule has 7 heteroatoms. The summed E-state index contributed by atoms with van der Waals surface area (Å²) < 4.78 is 4.82. The van der Waals surface area contributed by atoms with E-state index in [1.54, 1.807) is 22.7 Å². The maximum atomic E-state index is 11.8. The first-order valence-electron chi connectivity index (χ1n) is 6.61. The lowest BCUT2D eigenvalue weighted by molar-refractivity contribution is -0.120. The quantitative estimate of drug-likeness (QED) is 0.777. The molecule has 0 aliphatic heterocycles. The molecule has 0 saturated carbocycles. The van der Waals surface area contributed by atoms with Crippen molar-refractivity contribution in [1.82, 2.24) is 10.3 Å². The molecule has 0 radical (unpaired) electrons. The van der Waals surface area contributed by atoms with Crippen LogP contribution >= 0.6 is 22.7 Å². The van der Waals surface area contributed by atoms with Crippen molar-refractivity contribution in [2.24, 2.45) is 0 Å². The lowest BCUT2D eigenvalue weighted by atomic mass is 10.2. The molecule has 1 amide bonds. The monoisotopic (exact) mass is 326 g/mol. The molecule has 0 bridgehead atoms. The van der Waals surface area contributed by atoms with Crippen molar-refractivity contribution in [2.45, 2.75) is 18.9 Å². The first-order valence-corrected chi connectivity index (χ1v) is 8.37. The third kappa shape index (κ3) is 5.20. The summed E-state index contributed by atoms with van der Waals surface area (Å²) in [6.45, 7) is 0.720. The molecule has 5 nitrogen and oxygen atoms in total. The molecule has 2 aromatic rings. The van der Waals surface area contributed by atoms with Crippen molar-refractivity contribution in [1.29, 1.82) is 0 Å². The zero-order chi connectivity index (χ0) is 15.1. The van der Waals surface area contributed by atoms with Crippen LogP contribution in [-0.2, 0) is 16.0 Å². The Morgan fingerprint density at radius 1 is 1.52 bits per heavy atom. The average Bonchev–Trinajstić information content (AvgIpc) is 3.09. The van der Waals surface area contributed by atoms with Crippen molar-refractivity contribution < 1.29 is 14.6 Å². The van der Waals surface area contributed by atoms with Gasteiger partial charge in [-0.3, -0.25) is 4.79 Å². The molecule has 21 heavy (non-hydrogen) atoms. The van der Waals surface area contributed by atoms with Crippen molar-refractivity contribution >= 4 is 28.6 Å². The van der Waals surface area contributed by atoms with Crippen LogP contribution in [-0.4, -0.2) is 42.4 Å². The number of thiophene rings is 1. The maximum absolute atomic E-state index is 11.8. The van der Waals surface area contributed by atoms with Crippen LogP contribution in [0.2, 0.25) is 0 Å². The molecular formula is C14H18N2O3S2. The van der Waals surface area contributed by atoms with Gasteiger partial charge in [-0.1, -0.05) is 6.07 Å². The number of ether oxygens (including phenoxy) is 1. The number of aliphatic hydroxyl groups is 1. The lowest BCUT2D eigenvalue weighted by Crippen LogP contribution is -2.29. The van der Waals surface area contributed by atoms with Crippen LogP contribution in [0.4, 0.5) is 0 Å². The number of nitrogens with zero attached hydrogens (tertiary/aromatic N) is 1. The summed E-state index contributed by atoms with van der Waals surface area (Å²) in [4.78, 5) is 17.4. The second-order valence-corrected chi connectivity index (χ2v) is 6.35. The molecule has 2 N–H and O–H groups in total. The highest BCUT2D eigenvalue weighted by molar-refractivity contribution is 7.20. The van der Waals surface area contributed by atoms with E-state index in [2.05, 4.69) is 10.3 Å². The van der Waals surface area contributed by atoms with Crippen LogP contribution in [0.15, 0.2) is 22.9 Å². The fourth-order valence-electron chi connectivity index (χ4n) is 1.78. The van der Waals surface area contributed by atoms with Crippen LogP contribution < -0.4 is 5.32 Å². The Hall–Kier alpha value is -1.28. The normalized spacial score (nSPS) is 12.3. The predicted molar refractivity (Wildman–Crippen MR) is 84.6 cm³/mol. The third-order valence-electron chi connectivity index (χ3n) is 2.78. The van der Waals surface area contributed by atoms with Gasteiger partial charge in [0, 0.05) is 19.0 Å². The number of thiazole rings is 1. The van der Waals surface area contributed by atoms with E-state index >= 15 is 0 Å². The minimum absolute atomic E-state index is 0.0809. The Balaban J connectivity index is 1.75. The number of aliphatic hydroxyl groups excluding tert-OH is 1. The van der Waals surface area contributed by atoms with E-state index in [4.69, 9.17) is 4.74 Å². The van der Waals surface area contributed by atoms with Crippen LogP contribution in [0, 0.1) is 0 Å². The summed E-state index contributed by atoms with van der Waals surface area (Å²) in [7, 11) is 1.54. The molecule has 2 aromatic heterocycles. The summed E-state index contributed by atoms with van der Waals surface area (Å²) in [5.41, 5.74) is 0.776. The molecule has 0 fully saturated rings. The minimum Gasteiger partial charge on any atom is -0.391 e. The number of rotatable bonds is 8. The number of carbonyl (C=O) groups is 1. The van der Waals surface area contributed by atoms with Crippen LogP contribution in [0.3, 0.4) is 0 Å². The molecule has 114 valence electrons. The Bertz CT molecular complexity index is 554. The van der Waals surface area contributed by atoms with E-state index in [9.17, 15) is 9.90 Å². The van der Waals surface area contributed by atoms with Crippen molar-refractivity contribution in [3.8, 4) is 9.88 Å². The van der Waals surface area contributed by atoms with E-state index in [-0.39, 0.29) is 18.9 Å². The lowest BCUT2D eigenvalue weighted by Gasteiger charge is -2.09. The van der Waals surface area contributed by atoms with Crippen LogP contribution in [0.5, 0.6) is 0 Å². The van der Waals surface area contributed by atoms with E-state index in [1.807, 2.05) is 22.9 Å². The molecule has 2 rings (SSSR count). The second kappa shape index (κ2) is 8.23. The molecule has 1 unspecified atom stereocenters. The van der Waals surface area contributed by atoms with Gasteiger partial charge in [0.2, 0.25) is 5.91 Å². The van der Waals surface area contributed by atoms with Gasteiger partial charge in [0.15, 0.2) is 0 Å². The van der Waals surface area contributed by atoms with Gasteiger partial charge < -0.3 is 15.2 Å². The third-order valence-corrected chi connectivity index (χ3v) is 4.71. The van der Waals surface area contributed by atoms with Crippen molar-refractivity contribution in [3.05, 3.63) is 28.6 Å². The standard InChI is InChI=1S/C14H18N2O3S2/c1-19-8-11(17)4-5-15-13(18)7-10-9-21-14(16-10)12-3-2-6-20-12/h2-3,6,9,11,17H,4-5,7-8H2,1H3,(H,15,18). The highest BCUT2D eigenvalue weighted by Crippen LogP contribution is 2.27. The van der Waals surface area contributed by atoms with E-state index in [0.717, 1.165) is 15.6 Å². The fourth-order valence-corrected chi connectivity index (χ4v) is 3.42. The number of hydrogen-bond acceptors (Lipinski definition) is 6. The number of carbonyl (C=O) groups excluding carboxylic acids is 1. The van der Waals surface area contributed by atoms with Gasteiger partial charge >= 0.3 is 0 Å². The van der Waals surface area contributed by atoms with E-state index in [1.165, 1.54) is 7.11 Å². The molecule has 0 spiro atoms. The van der Waals surface area contributed by atoms with Crippen molar-refractivity contribution in [2.75, 3.05) is 20.3 Å². The number of amides is 1. The summed E-state index contributed by atoms with van der Waals surface area (Å²) in [6, 6.07) is 4.00. The molecule has 0 aliphatic rings. The summed E-state index contributed by atoms with van der Waals surface area (Å²) >= 11 is 3.19. The number of nitrogens with one attached hydrogen (secondary N) is 1. The molecular weight excluding hydrogens is 308 g/mol. The second-order valence-electron chi connectivity index (χ2n) is 4.55. The average molecular weight is 326 g/mol. The first-order chi connectivity index (χ1) is 10.2. The van der Waals surface area contributed by atoms with E-state index in [0.29, 0.717) is 13.0 Å². The molecule has 2 heterocycles. The Morgan fingerprint density at radius 3 is 3.10 bits per heavy atom. The van der Waals surface area contributed by atoms with Crippen molar-refractivity contribution in [3.63, 3.8) is 0 Å². The maximum Gasteiger partial charge on any atom is 0.226 e. The summed E-state index contributed by atoms with van der Waals surface area (Å²) in [5.74, 6) is -0.0809. The topological polar surface area (TPSA) is 71.5 Å². The van der Waals surface area contributed by atoms with Gasteiger partial charge in [-0.15, -0.1) is 22.7 Å². The fraction of sp³-hybridized carbons (Fsp3) is 0.429. The molecule has 1 atom stereocenters. The Morgan fingerprint density at radius 2 is 2.38 bits per heavy atom. The SMILES string of the molecule is COCC(O)CCNC(=O)Cc1csc(-c2cccs2)n1. The number of aromatic nitrogens is 1. The van der Waals surface area contributed by atoms with Gasteiger partial charge in [-0.2, -0.15) is 0 Å². The Kier molecular flexibility index (Phi) is 6.31. The zero-order valence-electron chi connectivity index (χ0n) is 11.7. The van der Waals surface area contributed by atoms with Crippen LogP contribution in [0.25, 0.3) is 9.88 Å². The Labute approximate surface area is 131 Å². The largest absolute Gasteiger partial charge is 0.391 e. The summed E-state index contributed by atoms with van der Waals surface area (Å²) in [5, 5.41) is 17.1. The highest BCUT2D eigenvalue weighted by Gasteiger charge is 2.10. The van der Waals surface area contributed by atoms with Crippen LogP contribution in [0.1, 0.15) is 12.1 Å². The van der Waals surface area contributed by atoms with Gasteiger partial charge in [0.1, 0.15) is 5.01 Å². The van der Waals surface area contributed by atoms with Gasteiger partial charge in [0.25, 0.3) is 0 Å². The van der Waals surface area contributed by atoms with Gasteiger partial charge in [-0.25, -0.2) is 4.98 Å². The number of methoxy groups -OCH3 is 1. The summed E-state index contributed by atoms with van der Waals surface area (Å²) in [6.07, 6.45) is 0.208. The van der Waals surface area contributed by atoms with Gasteiger partial charge in [-0.05, 0) is 17.9 Å². The first kappa shape index (κ1) is 16.1. The number of hydrogen-bond donors (Lipinski definition) is 2. The van der Waals surface area contributed by atoms with Gasteiger partial charge in [0.05, 0.1) is 29.7 Å². The molecule has 0 saturated heterocycles. The smallest absolute Gasteiger partial charge is 0.226 e.